The van der Waals surface area contributed by atoms with Crippen molar-refractivity contribution < 1.29 is 22.2 Å². The molecule has 1 aliphatic rings. The zero-order valence-electron chi connectivity index (χ0n) is 10.9. The number of hydrogen-bond acceptors (Lipinski definition) is 4. The van der Waals surface area contributed by atoms with Crippen LogP contribution in [0.15, 0.2) is 27.7 Å². The molecule has 7 heteroatoms. The third kappa shape index (κ3) is 4.21. The van der Waals surface area contributed by atoms with Crippen molar-refractivity contribution >= 4 is 22.1 Å². The molecule has 0 saturated heterocycles. The van der Waals surface area contributed by atoms with Gasteiger partial charge in [0.2, 0.25) is 11.0 Å². The van der Waals surface area contributed by atoms with E-state index in [2.05, 4.69) is 5.32 Å². The van der Waals surface area contributed by atoms with Crippen LogP contribution >= 0.6 is 0 Å². The van der Waals surface area contributed by atoms with Crippen molar-refractivity contribution in [3.8, 4) is 0 Å². The van der Waals surface area contributed by atoms with E-state index in [1.807, 2.05) is 0 Å². The molecular weight excluding hydrogens is 282 g/mol. The van der Waals surface area contributed by atoms with E-state index in [9.17, 15) is 13.2 Å². The lowest BCUT2D eigenvalue weighted by atomic mass is 9.95. The normalized spacial score (nSPS) is 17.4. The van der Waals surface area contributed by atoms with Gasteiger partial charge in [-0.15, -0.1) is 0 Å². The number of furan rings is 1. The summed E-state index contributed by atoms with van der Waals surface area (Å²) in [5, 5.41) is 2.35. The predicted molar refractivity (Wildman–Crippen MR) is 72.6 cm³/mol. The molecule has 0 spiro atoms. The summed E-state index contributed by atoms with van der Waals surface area (Å²) in [4.78, 5) is 11.7. The summed E-state index contributed by atoms with van der Waals surface area (Å²) >= 11 is 0. The smallest absolute Gasteiger partial charge is 0.328 e. The van der Waals surface area contributed by atoms with Crippen LogP contribution in [-0.4, -0.2) is 24.9 Å². The number of hydrogen-bond donors (Lipinski definition) is 2. The molecule has 1 saturated carbocycles. The number of rotatable bonds is 4. The molecule has 0 unspecified atom stereocenters. The lowest BCUT2D eigenvalue weighted by molar-refractivity contribution is -0.117. The van der Waals surface area contributed by atoms with E-state index in [4.69, 9.17) is 8.97 Å². The van der Waals surface area contributed by atoms with Crippen molar-refractivity contribution in [1.82, 2.24) is 5.32 Å². The Kier molecular flexibility index (Phi) is 4.61. The molecule has 1 heterocycles. The van der Waals surface area contributed by atoms with E-state index in [0.29, 0.717) is 0 Å². The maximum Gasteiger partial charge on any atom is 0.328 e. The predicted octanol–water partition coefficient (Wildman–Crippen LogP) is 1.99. The van der Waals surface area contributed by atoms with Gasteiger partial charge in [0.15, 0.2) is 0 Å². The number of carbonyl (C=O) groups excluding carboxylic acids is 1. The first-order valence-corrected chi connectivity index (χ1v) is 7.95. The average molecular weight is 299 g/mol. The Morgan fingerprint density at radius 3 is 2.60 bits per heavy atom. The summed E-state index contributed by atoms with van der Waals surface area (Å²) in [5.41, 5.74) is 0. The molecule has 6 nitrogen and oxygen atoms in total. The lowest BCUT2D eigenvalue weighted by Crippen LogP contribution is -2.34. The van der Waals surface area contributed by atoms with Crippen molar-refractivity contribution in [2.24, 2.45) is 0 Å². The van der Waals surface area contributed by atoms with Gasteiger partial charge in [-0.2, -0.15) is 8.42 Å². The van der Waals surface area contributed by atoms with Gasteiger partial charge in [0.25, 0.3) is 0 Å². The third-order valence-electron chi connectivity index (χ3n) is 3.21. The molecule has 0 aliphatic heterocycles. The first kappa shape index (κ1) is 14.8. The molecule has 1 fully saturated rings. The van der Waals surface area contributed by atoms with E-state index in [1.165, 1.54) is 24.6 Å². The van der Waals surface area contributed by atoms with Crippen molar-refractivity contribution in [2.45, 2.75) is 43.2 Å². The highest BCUT2D eigenvalue weighted by atomic mass is 32.2. The van der Waals surface area contributed by atoms with Crippen molar-refractivity contribution in [3.05, 3.63) is 24.0 Å². The topological polar surface area (TPSA) is 96.6 Å². The molecule has 110 valence electrons. The van der Waals surface area contributed by atoms with Crippen LogP contribution in [0, 0.1) is 0 Å². The Labute approximate surface area is 117 Å². The quantitative estimate of drug-likeness (QED) is 0.654. The largest absolute Gasteiger partial charge is 0.443 e. The highest BCUT2D eigenvalue weighted by Gasteiger charge is 2.15. The van der Waals surface area contributed by atoms with Gasteiger partial charge in [0.05, 0.1) is 0 Å². The molecule has 1 aliphatic carbocycles. The van der Waals surface area contributed by atoms with Gasteiger partial charge >= 0.3 is 10.1 Å². The number of nitrogens with one attached hydrogen (secondary N) is 1. The second-order valence-electron chi connectivity index (χ2n) is 4.81. The molecule has 0 radical (unpaired) electrons. The highest BCUT2D eigenvalue weighted by molar-refractivity contribution is 7.85. The number of amides is 1. The molecule has 1 amide bonds. The Morgan fingerprint density at radius 1 is 1.30 bits per heavy atom. The van der Waals surface area contributed by atoms with E-state index >= 15 is 0 Å². The fourth-order valence-electron chi connectivity index (χ4n) is 2.22. The van der Waals surface area contributed by atoms with Crippen molar-refractivity contribution in [1.29, 1.82) is 0 Å². The van der Waals surface area contributed by atoms with E-state index < -0.39 is 15.2 Å². The van der Waals surface area contributed by atoms with Crippen molar-refractivity contribution in [3.63, 3.8) is 0 Å². The van der Waals surface area contributed by atoms with E-state index in [-0.39, 0.29) is 17.7 Å². The van der Waals surface area contributed by atoms with Gasteiger partial charge in [-0.25, -0.2) is 0 Å². The second kappa shape index (κ2) is 6.23. The molecule has 0 atom stereocenters. The molecule has 1 aromatic heterocycles. The first-order chi connectivity index (χ1) is 9.45. The fraction of sp³-hybridized carbons (Fsp3) is 0.462. The number of carbonyl (C=O) groups is 1. The van der Waals surface area contributed by atoms with Gasteiger partial charge in [-0.05, 0) is 31.1 Å². The first-order valence-electron chi connectivity index (χ1n) is 6.51. The zero-order chi connectivity index (χ0) is 14.6. The average Bonchev–Trinajstić information content (AvgIpc) is 2.86. The molecule has 0 aromatic carbocycles. The molecule has 2 rings (SSSR count). The highest BCUT2D eigenvalue weighted by Crippen LogP contribution is 2.17. The summed E-state index contributed by atoms with van der Waals surface area (Å²) in [6.07, 6.45) is 8.12. The SMILES string of the molecule is O=C(/C=C/c1ccc(S(=O)(=O)O)o1)NC1CCCCC1. The summed E-state index contributed by atoms with van der Waals surface area (Å²) in [7, 11) is -4.34. The van der Waals surface area contributed by atoms with Crippen LogP contribution in [0.5, 0.6) is 0 Å². The van der Waals surface area contributed by atoms with Crippen LogP contribution in [0.4, 0.5) is 0 Å². The molecular formula is C13H17NO5S. The summed E-state index contributed by atoms with van der Waals surface area (Å²) < 4.78 is 35.3. The van der Waals surface area contributed by atoms with Crippen LogP contribution in [0.2, 0.25) is 0 Å². The fourth-order valence-corrected chi connectivity index (χ4v) is 2.66. The van der Waals surface area contributed by atoms with E-state index in [1.54, 1.807) is 0 Å². The Hall–Kier alpha value is -1.60. The minimum absolute atomic E-state index is 0.191. The maximum absolute atomic E-state index is 11.7. The molecule has 20 heavy (non-hydrogen) atoms. The maximum atomic E-state index is 11.7. The van der Waals surface area contributed by atoms with Gasteiger partial charge < -0.3 is 9.73 Å². The minimum Gasteiger partial charge on any atom is -0.443 e. The molecule has 2 N–H and O–H groups in total. The Balaban J connectivity index is 1.91. The second-order valence-corrected chi connectivity index (χ2v) is 6.16. The van der Waals surface area contributed by atoms with Crippen LogP contribution in [0.1, 0.15) is 37.9 Å². The standard InChI is InChI=1S/C13H17NO5S/c15-12(14-10-4-2-1-3-5-10)8-6-11-7-9-13(19-11)20(16,17)18/h6-10H,1-5H2,(H,14,15)(H,16,17,18)/b8-6+. The van der Waals surface area contributed by atoms with Crippen LogP contribution in [0.25, 0.3) is 6.08 Å². The summed E-state index contributed by atoms with van der Waals surface area (Å²) in [5.74, 6) is -0.0434. The van der Waals surface area contributed by atoms with Crippen molar-refractivity contribution in [2.75, 3.05) is 0 Å². The van der Waals surface area contributed by atoms with Crippen LogP contribution in [-0.2, 0) is 14.9 Å². The van der Waals surface area contributed by atoms with Crippen LogP contribution < -0.4 is 5.32 Å². The Morgan fingerprint density at radius 2 is 2.00 bits per heavy atom. The van der Waals surface area contributed by atoms with Gasteiger partial charge in [-0.1, -0.05) is 19.3 Å². The third-order valence-corrected chi connectivity index (χ3v) is 3.93. The molecule has 1 aromatic rings. The lowest BCUT2D eigenvalue weighted by Gasteiger charge is -2.21. The summed E-state index contributed by atoms with van der Waals surface area (Å²) in [6, 6.07) is 2.72. The van der Waals surface area contributed by atoms with Gasteiger partial charge in [0.1, 0.15) is 5.76 Å². The summed E-state index contributed by atoms with van der Waals surface area (Å²) in [6.45, 7) is 0. The molecule has 0 bridgehead atoms. The minimum atomic E-state index is -4.34. The zero-order valence-corrected chi connectivity index (χ0v) is 11.7. The van der Waals surface area contributed by atoms with Gasteiger partial charge in [0, 0.05) is 12.1 Å². The Bertz CT molecular complexity index is 596. The van der Waals surface area contributed by atoms with E-state index in [0.717, 1.165) is 31.7 Å². The monoisotopic (exact) mass is 299 g/mol. The van der Waals surface area contributed by atoms with Gasteiger partial charge in [-0.3, -0.25) is 9.35 Å². The van der Waals surface area contributed by atoms with Crippen LogP contribution in [0.3, 0.4) is 0 Å².